The summed E-state index contributed by atoms with van der Waals surface area (Å²) in [6, 6.07) is 9.92. The van der Waals surface area contributed by atoms with E-state index in [1.807, 2.05) is 30.5 Å². The molecule has 7 heteroatoms. The van der Waals surface area contributed by atoms with E-state index < -0.39 is 0 Å². The molecule has 3 heterocycles. The van der Waals surface area contributed by atoms with Crippen LogP contribution in [0.4, 0.5) is 0 Å². The van der Waals surface area contributed by atoms with E-state index in [2.05, 4.69) is 35.1 Å². The van der Waals surface area contributed by atoms with Crippen molar-refractivity contribution < 1.29 is 4.74 Å². The SMILES string of the molecule is CCCOc1ccccc1C(C)Cn1c(=O)n2cnnc2c2[nH]ccc21. The number of nitrogens with one attached hydrogen (secondary N) is 1. The lowest BCUT2D eigenvalue weighted by molar-refractivity contribution is 0.311. The average molecular weight is 351 g/mol. The molecular formula is C19H21N5O2. The zero-order valence-corrected chi connectivity index (χ0v) is 14.8. The van der Waals surface area contributed by atoms with Gasteiger partial charge in [-0.2, -0.15) is 0 Å². The van der Waals surface area contributed by atoms with Crippen molar-refractivity contribution in [2.24, 2.45) is 0 Å². The van der Waals surface area contributed by atoms with Gasteiger partial charge in [0.25, 0.3) is 0 Å². The standard InChI is InChI=1S/C19H21N5O2/c1-3-10-26-16-7-5-4-6-14(16)13(2)11-23-15-8-9-20-17(15)18-22-21-12-24(18)19(23)25/h4-9,12-13,20H,3,10-11H2,1-2H3. The summed E-state index contributed by atoms with van der Waals surface area (Å²) in [5.41, 5.74) is 3.14. The molecule has 0 bridgehead atoms. The summed E-state index contributed by atoms with van der Waals surface area (Å²) < 4.78 is 9.13. The molecule has 0 radical (unpaired) electrons. The van der Waals surface area contributed by atoms with Crippen LogP contribution in [-0.4, -0.2) is 30.8 Å². The van der Waals surface area contributed by atoms with E-state index in [-0.39, 0.29) is 11.6 Å². The summed E-state index contributed by atoms with van der Waals surface area (Å²) in [4.78, 5) is 16.1. The first-order valence-corrected chi connectivity index (χ1v) is 8.82. The maximum Gasteiger partial charge on any atom is 0.335 e. The fraction of sp³-hybridized carbons (Fsp3) is 0.316. The van der Waals surface area contributed by atoms with Gasteiger partial charge < -0.3 is 9.72 Å². The zero-order valence-electron chi connectivity index (χ0n) is 14.8. The van der Waals surface area contributed by atoms with Crippen LogP contribution in [0, 0.1) is 0 Å². The van der Waals surface area contributed by atoms with E-state index in [0.717, 1.165) is 28.8 Å². The van der Waals surface area contributed by atoms with Crippen molar-refractivity contribution in [3.05, 3.63) is 58.9 Å². The van der Waals surface area contributed by atoms with Crippen molar-refractivity contribution in [1.82, 2.24) is 24.1 Å². The molecule has 0 saturated carbocycles. The normalized spacial score (nSPS) is 12.7. The molecule has 4 rings (SSSR count). The molecule has 0 spiro atoms. The summed E-state index contributed by atoms with van der Waals surface area (Å²) in [5, 5.41) is 7.93. The van der Waals surface area contributed by atoms with Gasteiger partial charge in [-0.3, -0.25) is 4.57 Å². The van der Waals surface area contributed by atoms with Crippen molar-refractivity contribution in [1.29, 1.82) is 0 Å². The first kappa shape index (κ1) is 16.4. The monoisotopic (exact) mass is 351 g/mol. The highest BCUT2D eigenvalue weighted by Crippen LogP contribution is 2.28. The first-order chi connectivity index (χ1) is 12.7. The second-order valence-corrected chi connectivity index (χ2v) is 6.44. The van der Waals surface area contributed by atoms with Crippen LogP contribution in [0.25, 0.3) is 16.7 Å². The lowest BCUT2D eigenvalue weighted by Gasteiger charge is -2.18. The molecule has 3 aromatic heterocycles. The number of hydrogen-bond acceptors (Lipinski definition) is 4. The van der Waals surface area contributed by atoms with E-state index in [0.29, 0.717) is 18.8 Å². The van der Waals surface area contributed by atoms with Crippen molar-refractivity contribution in [3.63, 3.8) is 0 Å². The highest BCUT2D eigenvalue weighted by Gasteiger charge is 2.17. The molecule has 26 heavy (non-hydrogen) atoms. The molecule has 134 valence electrons. The molecule has 1 unspecified atom stereocenters. The van der Waals surface area contributed by atoms with Crippen LogP contribution in [0.2, 0.25) is 0 Å². The number of H-pyrrole nitrogens is 1. The Morgan fingerprint density at radius 3 is 2.96 bits per heavy atom. The van der Waals surface area contributed by atoms with Gasteiger partial charge in [-0.25, -0.2) is 9.20 Å². The summed E-state index contributed by atoms with van der Waals surface area (Å²) >= 11 is 0. The number of nitrogens with zero attached hydrogens (tertiary/aromatic N) is 4. The van der Waals surface area contributed by atoms with Gasteiger partial charge in [0.1, 0.15) is 17.6 Å². The summed E-state index contributed by atoms with van der Waals surface area (Å²) in [6.07, 6.45) is 4.23. The number of ether oxygens (including phenoxy) is 1. The van der Waals surface area contributed by atoms with E-state index in [1.54, 1.807) is 4.57 Å². The van der Waals surface area contributed by atoms with Crippen LogP contribution < -0.4 is 10.4 Å². The van der Waals surface area contributed by atoms with E-state index in [1.165, 1.54) is 10.7 Å². The van der Waals surface area contributed by atoms with Crippen molar-refractivity contribution in [2.75, 3.05) is 6.61 Å². The van der Waals surface area contributed by atoms with Crippen LogP contribution in [0.15, 0.2) is 47.7 Å². The fourth-order valence-electron chi connectivity index (χ4n) is 3.32. The van der Waals surface area contributed by atoms with Gasteiger partial charge in [0.15, 0.2) is 5.65 Å². The zero-order chi connectivity index (χ0) is 18.1. The summed E-state index contributed by atoms with van der Waals surface area (Å²) in [5.74, 6) is 0.985. The van der Waals surface area contributed by atoms with Gasteiger partial charge in [0, 0.05) is 18.7 Å². The Kier molecular flexibility index (Phi) is 4.20. The Morgan fingerprint density at radius 2 is 2.12 bits per heavy atom. The average Bonchev–Trinajstić information content (AvgIpc) is 3.32. The molecule has 0 amide bonds. The molecular weight excluding hydrogens is 330 g/mol. The number of rotatable bonds is 6. The number of aromatic nitrogens is 5. The molecule has 1 atom stereocenters. The van der Waals surface area contributed by atoms with Gasteiger partial charge in [-0.15, -0.1) is 10.2 Å². The van der Waals surface area contributed by atoms with Gasteiger partial charge in [0.2, 0.25) is 0 Å². The number of fused-ring (bicyclic) bond motifs is 3. The lowest BCUT2D eigenvalue weighted by Crippen LogP contribution is -2.28. The van der Waals surface area contributed by atoms with Crippen molar-refractivity contribution in [2.45, 2.75) is 32.7 Å². The maximum atomic E-state index is 12.9. The lowest BCUT2D eigenvalue weighted by atomic mass is 10.00. The van der Waals surface area contributed by atoms with Crippen LogP contribution in [0.3, 0.4) is 0 Å². The second kappa shape index (κ2) is 6.67. The van der Waals surface area contributed by atoms with Gasteiger partial charge in [0.05, 0.1) is 12.1 Å². The van der Waals surface area contributed by atoms with Gasteiger partial charge in [-0.1, -0.05) is 32.0 Å². The Bertz CT molecular complexity index is 1110. The number of aromatic amines is 1. The quantitative estimate of drug-likeness (QED) is 0.579. The van der Waals surface area contributed by atoms with E-state index in [9.17, 15) is 4.79 Å². The van der Waals surface area contributed by atoms with Crippen LogP contribution in [-0.2, 0) is 6.54 Å². The molecule has 7 nitrogen and oxygen atoms in total. The van der Waals surface area contributed by atoms with Crippen LogP contribution >= 0.6 is 0 Å². The molecule has 0 saturated heterocycles. The molecule has 1 aromatic carbocycles. The number of para-hydroxylation sites is 1. The van der Waals surface area contributed by atoms with Crippen molar-refractivity contribution in [3.8, 4) is 5.75 Å². The second-order valence-electron chi connectivity index (χ2n) is 6.44. The molecule has 0 aliphatic heterocycles. The predicted molar refractivity (Wildman–Crippen MR) is 99.7 cm³/mol. The fourth-order valence-corrected chi connectivity index (χ4v) is 3.32. The molecule has 0 aliphatic carbocycles. The van der Waals surface area contributed by atoms with Crippen molar-refractivity contribution >= 4 is 16.7 Å². The third-order valence-corrected chi connectivity index (χ3v) is 4.59. The van der Waals surface area contributed by atoms with Gasteiger partial charge >= 0.3 is 5.69 Å². The minimum atomic E-state index is -0.143. The largest absolute Gasteiger partial charge is 0.493 e. The maximum absolute atomic E-state index is 12.9. The van der Waals surface area contributed by atoms with E-state index >= 15 is 0 Å². The number of hydrogen-bond donors (Lipinski definition) is 1. The molecule has 1 N–H and O–H groups in total. The summed E-state index contributed by atoms with van der Waals surface area (Å²) in [6.45, 7) is 5.41. The Morgan fingerprint density at radius 1 is 1.27 bits per heavy atom. The Labute approximate surface area is 150 Å². The Balaban J connectivity index is 1.76. The third-order valence-electron chi connectivity index (χ3n) is 4.59. The highest BCUT2D eigenvalue weighted by molar-refractivity contribution is 5.87. The van der Waals surface area contributed by atoms with Gasteiger partial charge in [-0.05, 0) is 24.1 Å². The van der Waals surface area contributed by atoms with Crippen LogP contribution in [0.5, 0.6) is 5.75 Å². The minimum Gasteiger partial charge on any atom is -0.493 e. The van der Waals surface area contributed by atoms with E-state index in [4.69, 9.17) is 4.74 Å². The smallest absolute Gasteiger partial charge is 0.335 e. The number of benzene rings is 1. The predicted octanol–water partition coefficient (Wildman–Crippen LogP) is 2.96. The molecule has 0 aliphatic rings. The minimum absolute atomic E-state index is 0.104. The topological polar surface area (TPSA) is 77.2 Å². The summed E-state index contributed by atoms with van der Waals surface area (Å²) in [7, 11) is 0. The van der Waals surface area contributed by atoms with Crippen LogP contribution in [0.1, 0.15) is 31.7 Å². The third kappa shape index (κ3) is 2.65. The molecule has 0 fully saturated rings. The Hall–Kier alpha value is -3.09. The highest BCUT2D eigenvalue weighted by atomic mass is 16.5. The molecule has 4 aromatic rings. The first-order valence-electron chi connectivity index (χ1n) is 8.82.